The monoisotopic (exact) mass is 457 g/mol. The first-order valence-electron chi connectivity index (χ1n) is 9.44. The first-order chi connectivity index (χ1) is 14.9. The highest BCUT2D eigenvalue weighted by atomic mass is 32.2. The number of thioether (sulfide) groups is 1. The van der Waals surface area contributed by atoms with E-state index in [1.807, 2.05) is 56.3 Å². The molecule has 0 spiro atoms. The third kappa shape index (κ3) is 6.69. The Hall–Kier alpha value is -3.11. The highest BCUT2D eigenvalue weighted by molar-refractivity contribution is 8.01. The number of carbonyl (C=O) groups excluding carboxylic acids is 2. The lowest BCUT2D eigenvalue weighted by molar-refractivity contribution is -0.122. The summed E-state index contributed by atoms with van der Waals surface area (Å²) in [5.41, 5.74) is 3.68. The molecule has 8 nitrogen and oxygen atoms in total. The van der Waals surface area contributed by atoms with Gasteiger partial charge in [-0.1, -0.05) is 41.3 Å². The van der Waals surface area contributed by atoms with E-state index in [1.165, 1.54) is 23.1 Å². The van der Waals surface area contributed by atoms with Crippen LogP contribution in [0.5, 0.6) is 5.75 Å². The summed E-state index contributed by atoms with van der Waals surface area (Å²) in [6, 6.07) is 13.2. The van der Waals surface area contributed by atoms with Gasteiger partial charge in [-0.05, 0) is 43.2 Å². The Bertz CT molecular complexity index is 1070. The minimum absolute atomic E-state index is 0.0917. The van der Waals surface area contributed by atoms with Gasteiger partial charge in [0.2, 0.25) is 16.9 Å². The van der Waals surface area contributed by atoms with Crippen LogP contribution in [0.25, 0.3) is 0 Å². The van der Waals surface area contributed by atoms with Gasteiger partial charge in [0.1, 0.15) is 5.75 Å². The van der Waals surface area contributed by atoms with Crippen molar-refractivity contribution in [1.29, 1.82) is 0 Å². The van der Waals surface area contributed by atoms with E-state index in [0.717, 1.165) is 28.3 Å². The maximum atomic E-state index is 12.1. The number of rotatable bonds is 9. The molecule has 10 heteroatoms. The Labute approximate surface area is 188 Å². The smallest absolute Gasteiger partial charge is 0.243 e. The number of aromatic nitrogens is 2. The summed E-state index contributed by atoms with van der Waals surface area (Å²) in [7, 11) is 1.61. The summed E-state index contributed by atoms with van der Waals surface area (Å²) < 4.78 is 5.85. The molecule has 0 atom stereocenters. The molecular weight excluding hydrogens is 434 g/mol. The normalized spacial score (nSPS) is 10.4. The van der Waals surface area contributed by atoms with Crippen LogP contribution in [0.4, 0.5) is 16.5 Å². The lowest BCUT2D eigenvalue weighted by Gasteiger charge is -2.10. The summed E-state index contributed by atoms with van der Waals surface area (Å²) in [5, 5.41) is 17.4. The largest absolute Gasteiger partial charge is 0.497 e. The molecule has 3 aromatic rings. The van der Waals surface area contributed by atoms with Crippen molar-refractivity contribution in [2.24, 2.45) is 0 Å². The van der Waals surface area contributed by atoms with Crippen molar-refractivity contribution in [3.63, 3.8) is 0 Å². The lowest BCUT2D eigenvalue weighted by Crippen LogP contribution is -2.34. The minimum atomic E-state index is -0.271. The number of nitrogens with zero attached hydrogens (tertiary/aromatic N) is 2. The number of anilines is 3. The third-order valence-electron chi connectivity index (χ3n) is 4.38. The maximum Gasteiger partial charge on any atom is 0.243 e. The lowest BCUT2D eigenvalue weighted by atomic mass is 10.1. The fourth-order valence-corrected chi connectivity index (χ4v) is 4.18. The molecule has 0 aliphatic rings. The van der Waals surface area contributed by atoms with Gasteiger partial charge in [-0.15, -0.1) is 10.2 Å². The van der Waals surface area contributed by atoms with E-state index in [-0.39, 0.29) is 24.1 Å². The molecule has 0 saturated heterocycles. The van der Waals surface area contributed by atoms with Crippen LogP contribution >= 0.6 is 23.1 Å². The van der Waals surface area contributed by atoms with Crippen molar-refractivity contribution in [3.05, 3.63) is 53.6 Å². The third-order valence-corrected chi connectivity index (χ3v) is 6.35. The van der Waals surface area contributed by atoms with Gasteiger partial charge in [0.25, 0.3) is 0 Å². The highest BCUT2D eigenvalue weighted by Gasteiger charge is 2.11. The first-order valence-corrected chi connectivity index (χ1v) is 11.2. The molecule has 0 radical (unpaired) electrons. The molecule has 1 aromatic heterocycles. The Balaban J connectivity index is 1.42. The first kappa shape index (κ1) is 22.6. The van der Waals surface area contributed by atoms with Crippen molar-refractivity contribution in [2.75, 3.05) is 30.0 Å². The molecule has 162 valence electrons. The predicted octanol–water partition coefficient (Wildman–Crippen LogP) is 3.75. The molecule has 3 N–H and O–H groups in total. The number of hydrogen-bond acceptors (Lipinski definition) is 8. The summed E-state index contributed by atoms with van der Waals surface area (Å²) in [5.74, 6) is 0.360. The molecule has 0 aliphatic heterocycles. The van der Waals surface area contributed by atoms with Gasteiger partial charge in [-0.25, -0.2) is 0 Å². The van der Waals surface area contributed by atoms with Crippen LogP contribution in [0.15, 0.2) is 46.8 Å². The molecule has 0 fully saturated rings. The van der Waals surface area contributed by atoms with Crippen molar-refractivity contribution >= 4 is 51.4 Å². The SMILES string of the molecule is COc1cccc(Nc2nnc(SCC(=O)NCC(=O)Nc3cccc(C)c3C)s2)c1. The molecule has 31 heavy (non-hydrogen) atoms. The molecule has 2 amide bonds. The minimum Gasteiger partial charge on any atom is -0.497 e. The zero-order valence-electron chi connectivity index (χ0n) is 17.4. The van der Waals surface area contributed by atoms with E-state index in [0.29, 0.717) is 9.47 Å². The maximum absolute atomic E-state index is 12.1. The summed E-state index contributed by atoms with van der Waals surface area (Å²) in [6.07, 6.45) is 0. The van der Waals surface area contributed by atoms with Crippen LogP contribution in [-0.4, -0.2) is 41.4 Å². The van der Waals surface area contributed by atoms with Gasteiger partial charge in [0.15, 0.2) is 4.34 Å². The van der Waals surface area contributed by atoms with Gasteiger partial charge in [-0.3, -0.25) is 9.59 Å². The number of benzene rings is 2. The Morgan fingerprint density at radius 2 is 1.90 bits per heavy atom. The molecule has 0 unspecified atom stereocenters. The molecule has 0 aliphatic carbocycles. The highest BCUT2D eigenvalue weighted by Crippen LogP contribution is 2.28. The average molecular weight is 458 g/mol. The van der Waals surface area contributed by atoms with Crippen molar-refractivity contribution < 1.29 is 14.3 Å². The number of carbonyl (C=O) groups is 2. The quantitative estimate of drug-likeness (QED) is 0.420. The Kier molecular flexibility index (Phi) is 7.85. The number of ether oxygens (including phenoxy) is 1. The van der Waals surface area contributed by atoms with Crippen LogP contribution in [0.3, 0.4) is 0 Å². The summed E-state index contributed by atoms with van der Waals surface area (Å²) in [6.45, 7) is 3.83. The molecule has 3 rings (SSSR count). The van der Waals surface area contributed by atoms with E-state index in [4.69, 9.17) is 4.74 Å². The zero-order valence-corrected chi connectivity index (χ0v) is 19.0. The summed E-state index contributed by atoms with van der Waals surface area (Å²) in [4.78, 5) is 24.2. The van der Waals surface area contributed by atoms with Crippen LogP contribution in [0.1, 0.15) is 11.1 Å². The predicted molar refractivity (Wildman–Crippen MR) is 124 cm³/mol. The van der Waals surface area contributed by atoms with Gasteiger partial charge in [-0.2, -0.15) is 0 Å². The second-order valence-electron chi connectivity index (χ2n) is 6.59. The van der Waals surface area contributed by atoms with Gasteiger partial charge in [0.05, 0.1) is 19.4 Å². The fraction of sp³-hybridized carbons (Fsp3) is 0.238. The standard InChI is InChI=1S/C21H23N5O3S2/c1-13-6-4-9-17(14(13)2)24-18(27)11-22-19(28)12-30-21-26-25-20(31-21)23-15-7-5-8-16(10-15)29-3/h4-10H,11-12H2,1-3H3,(H,22,28)(H,23,25)(H,24,27). The van der Waals surface area contributed by atoms with Crippen LogP contribution in [0, 0.1) is 13.8 Å². The van der Waals surface area contributed by atoms with E-state index < -0.39 is 0 Å². The van der Waals surface area contributed by atoms with E-state index in [9.17, 15) is 9.59 Å². The van der Waals surface area contributed by atoms with E-state index in [1.54, 1.807) is 7.11 Å². The Morgan fingerprint density at radius 3 is 2.71 bits per heavy atom. The number of amides is 2. The van der Waals surface area contributed by atoms with Crippen molar-refractivity contribution in [3.8, 4) is 5.75 Å². The topological polar surface area (TPSA) is 105 Å². The summed E-state index contributed by atoms with van der Waals surface area (Å²) >= 11 is 2.61. The second-order valence-corrected chi connectivity index (χ2v) is 8.79. The molecular formula is C21H23N5O3S2. The molecule has 0 bridgehead atoms. The van der Waals surface area contributed by atoms with E-state index in [2.05, 4.69) is 26.1 Å². The number of hydrogen-bond donors (Lipinski definition) is 3. The molecule has 2 aromatic carbocycles. The molecule has 0 saturated carbocycles. The Morgan fingerprint density at radius 1 is 1.10 bits per heavy atom. The van der Waals surface area contributed by atoms with Crippen LogP contribution in [-0.2, 0) is 9.59 Å². The van der Waals surface area contributed by atoms with Gasteiger partial charge < -0.3 is 20.7 Å². The van der Waals surface area contributed by atoms with Crippen LogP contribution in [0.2, 0.25) is 0 Å². The number of nitrogens with one attached hydrogen (secondary N) is 3. The van der Waals surface area contributed by atoms with Crippen molar-refractivity contribution in [2.45, 2.75) is 18.2 Å². The average Bonchev–Trinajstić information content (AvgIpc) is 3.21. The number of aryl methyl sites for hydroxylation is 1. The van der Waals surface area contributed by atoms with E-state index >= 15 is 0 Å². The second kappa shape index (κ2) is 10.8. The zero-order chi connectivity index (χ0) is 22.2. The van der Waals surface area contributed by atoms with Gasteiger partial charge in [0, 0.05) is 17.4 Å². The van der Waals surface area contributed by atoms with Crippen LogP contribution < -0.4 is 20.7 Å². The van der Waals surface area contributed by atoms with Gasteiger partial charge >= 0.3 is 0 Å². The number of methoxy groups -OCH3 is 1. The van der Waals surface area contributed by atoms with Crippen molar-refractivity contribution in [1.82, 2.24) is 15.5 Å². The fourth-order valence-electron chi connectivity index (χ4n) is 2.58. The molecule has 1 heterocycles.